The quantitative estimate of drug-likeness (QED) is 0.695. The number of nitrogens with zero attached hydrogens (tertiary/aromatic N) is 2. The van der Waals surface area contributed by atoms with Crippen molar-refractivity contribution in [3.05, 3.63) is 60.0 Å². The van der Waals surface area contributed by atoms with Gasteiger partial charge in [0.05, 0.1) is 13.7 Å². The van der Waals surface area contributed by atoms with Crippen LogP contribution >= 0.6 is 0 Å². The highest BCUT2D eigenvalue weighted by Crippen LogP contribution is 2.22. The standard InChI is InChI=1S/C19H18N4O4/c1-12(24)21-15-8-6-13(7-9-15)18(25)20-11-17-22-23-19(27-17)14-4-3-5-16(10-14)26-2/h3-10H,11H2,1-2H3,(H,20,25)(H,21,24). The second-order valence-electron chi connectivity index (χ2n) is 5.67. The molecule has 0 saturated heterocycles. The van der Waals surface area contributed by atoms with Crippen LogP contribution in [0.25, 0.3) is 11.5 Å². The molecule has 0 unspecified atom stereocenters. The molecule has 0 aliphatic rings. The minimum absolute atomic E-state index is 0.100. The molecule has 3 rings (SSSR count). The van der Waals surface area contributed by atoms with Crippen molar-refractivity contribution in [3.8, 4) is 17.2 Å². The van der Waals surface area contributed by atoms with Gasteiger partial charge in [0, 0.05) is 23.7 Å². The van der Waals surface area contributed by atoms with Gasteiger partial charge in [-0.3, -0.25) is 9.59 Å². The smallest absolute Gasteiger partial charge is 0.251 e. The van der Waals surface area contributed by atoms with E-state index in [2.05, 4.69) is 20.8 Å². The number of anilines is 1. The van der Waals surface area contributed by atoms with Crippen molar-refractivity contribution in [3.63, 3.8) is 0 Å². The number of nitrogens with one attached hydrogen (secondary N) is 2. The topological polar surface area (TPSA) is 106 Å². The fourth-order valence-electron chi connectivity index (χ4n) is 2.36. The second-order valence-corrected chi connectivity index (χ2v) is 5.67. The Hall–Kier alpha value is -3.68. The normalized spacial score (nSPS) is 10.3. The van der Waals surface area contributed by atoms with Crippen molar-refractivity contribution >= 4 is 17.5 Å². The minimum Gasteiger partial charge on any atom is -0.497 e. The van der Waals surface area contributed by atoms with Gasteiger partial charge in [-0.05, 0) is 42.5 Å². The molecule has 2 aromatic carbocycles. The summed E-state index contributed by atoms with van der Waals surface area (Å²) in [6.07, 6.45) is 0. The van der Waals surface area contributed by atoms with Crippen LogP contribution in [-0.2, 0) is 11.3 Å². The van der Waals surface area contributed by atoms with Crippen LogP contribution in [0.5, 0.6) is 5.75 Å². The molecular weight excluding hydrogens is 348 g/mol. The Kier molecular flexibility index (Phi) is 5.46. The Morgan fingerprint density at radius 2 is 1.89 bits per heavy atom. The molecular formula is C19H18N4O4. The summed E-state index contributed by atoms with van der Waals surface area (Å²) in [5.41, 5.74) is 1.81. The van der Waals surface area contributed by atoms with Crippen molar-refractivity contribution in [1.29, 1.82) is 0 Å². The molecule has 3 aromatic rings. The number of rotatable bonds is 6. The lowest BCUT2D eigenvalue weighted by molar-refractivity contribution is -0.114. The molecule has 0 atom stereocenters. The van der Waals surface area contributed by atoms with Crippen LogP contribution in [0, 0.1) is 0 Å². The van der Waals surface area contributed by atoms with Crippen LogP contribution in [0.1, 0.15) is 23.2 Å². The lowest BCUT2D eigenvalue weighted by Crippen LogP contribution is -2.22. The second kappa shape index (κ2) is 8.13. The predicted octanol–water partition coefficient (Wildman–Crippen LogP) is 2.63. The van der Waals surface area contributed by atoms with Gasteiger partial charge in [-0.25, -0.2) is 0 Å². The maximum Gasteiger partial charge on any atom is 0.251 e. The van der Waals surface area contributed by atoms with E-state index in [9.17, 15) is 9.59 Å². The first kappa shape index (κ1) is 18.1. The van der Waals surface area contributed by atoms with E-state index in [1.54, 1.807) is 37.4 Å². The average Bonchev–Trinajstić information content (AvgIpc) is 3.15. The van der Waals surface area contributed by atoms with Crippen LogP contribution in [0.15, 0.2) is 52.9 Å². The first-order chi connectivity index (χ1) is 13.0. The van der Waals surface area contributed by atoms with E-state index in [1.807, 2.05) is 18.2 Å². The fraction of sp³-hybridized carbons (Fsp3) is 0.158. The van der Waals surface area contributed by atoms with Crippen molar-refractivity contribution in [2.75, 3.05) is 12.4 Å². The van der Waals surface area contributed by atoms with Gasteiger partial charge in [-0.15, -0.1) is 10.2 Å². The summed E-state index contributed by atoms with van der Waals surface area (Å²) < 4.78 is 10.7. The molecule has 2 amide bonds. The number of carbonyl (C=O) groups is 2. The number of hydrogen-bond donors (Lipinski definition) is 2. The summed E-state index contributed by atoms with van der Waals surface area (Å²) in [4.78, 5) is 23.2. The summed E-state index contributed by atoms with van der Waals surface area (Å²) in [6, 6.07) is 13.8. The van der Waals surface area contributed by atoms with Crippen LogP contribution < -0.4 is 15.4 Å². The fourth-order valence-corrected chi connectivity index (χ4v) is 2.36. The molecule has 0 spiro atoms. The maximum atomic E-state index is 12.2. The molecule has 0 bridgehead atoms. The molecule has 0 aliphatic carbocycles. The molecule has 0 radical (unpaired) electrons. The third kappa shape index (κ3) is 4.69. The first-order valence-corrected chi connectivity index (χ1v) is 8.18. The number of ether oxygens (including phenoxy) is 1. The minimum atomic E-state index is -0.287. The maximum absolute atomic E-state index is 12.2. The third-order valence-corrected chi connectivity index (χ3v) is 3.65. The number of aromatic nitrogens is 2. The molecule has 27 heavy (non-hydrogen) atoms. The average molecular weight is 366 g/mol. The Morgan fingerprint density at radius 1 is 1.11 bits per heavy atom. The molecule has 1 heterocycles. The Morgan fingerprint density at radius 3 is 2.59 bits per heavy atom. The van der Waals surface area contributed by atoms with Crippen LogP contribution in [-0.4, -0.2) is 29.1 Å². The SMILES string of the molecule is COc1cccc(-c2nnc(CNC(=O)c3ccc(NC(C)=O)cc3)o2)c1. The predicted molar refractivity (Wildman–Crippen MR) is 98.2 cm³/mol. The highest BCUT2D eigenvalue weighted by Gasteiger charge is 2.11. The van der Waals surface area contributed by atoms with E-state index < -0.39 is 0 Å². The molecule has 138 valence electrons. The van der Waals surface area contributed by atoms with Gasteiger partial charge in [-0.1, -0.05) is 6.07 Å². The summed E-state index contributed by atoms with van der Waals surface area (Å²) in [7, 11) is 1.58. The zero-order valence-electron chi connectivity index (χ0n) is 14.9. The van der Waals surface area contributed by atoms with Gasteiger partial charge >= 0.3 is 0 Å². The first-order valence-electron chi connectivity index (χ1n) is 8.18. The van der Waals surface area contributed by atoms with Crippen LogP contribution in [0.3, 0.4) is 0 Å². The molecule has 0 fully saturated rings. The summed E-state index contributed by atoms with van der Waals surface area (Å²) in [5.74, 6) is 0.859. The third-order valence-electron chi connectivity index (χ3n) is 3.65. The highest BCUT2D eigenvalue weighted by atomic mass is 16.5. The Labute approximate surface area is 155 Å². The van der Waals surface area contributed by atoms with Gasteiger partial charge in [-0.2, -0.15) is 0 Å². The molecule has 8 heteroatoms. The van der Waals surface area contributed by atoms with Crippen LogP contribution in [0.2, 0.25) is 0 Å². The summed E-state index contributed by atoms with van der Waals surface area (Å²) >= 11 is 0. The van der Waals surface area contributed by atoms with Crippen LogP contribution in [0.4, 0.5) is 5.69 Å². The van der Waals surface area contributed by atoms with Crippen molar-refractivity contribution in [2.45, 2.75) is 13.5 Å². The van der Waals surface area contributed by atoms with E-state index >= 15 is 0 Å². The Balaban J connectivity index is 1.61. The monoisotopic (exact) mass is 366 g/mol. The van der Waals surface area contributed by atoms with Gasteiger partial charge < -0.3 is 19.8 Å². The summed E-state index contributed by atoms with van der Waals surface area (Å²) in [6.45, 7) is 1.52. The molecule has 0 saturated carbocycles. The Bertz CT molecular complexity index is 950. The van der Waals surface area contributed by atoms with Crippen molar-refractivity contribution in [2.24, 2.45) is 0 Å². The molecule has 1 aromatic heterocycles. The zero-order chi connectivity index (χ0) is 19.2. The number of amides is 2. The number of hydrogen-bond acceptors (Lipinski definition) is 6. The van der Waals surface area contributed by atoms with E-state index in [-0.39, 0.29) is 24.2 Å². The summed E-state index contributed by atoms with van der Waals surface area (Å²) in [5, 5.41) is 13.3. The largest absolute Gasteiger partial charge is 0.497 e. The van der Waals surface area contributed by atoms with Gasteiger partial charge in [0.1, 0.15) is 5.75 Å². The molecule has 8 nitrogen and oxygen atoms in total. The lowest BCUT2D eigenvalue weighted by atomic mass is 10.2. The lowest BCUT2D eigenvalue weighted by Gasteiger charge is -2.05. The van der Waals surface area contributed by atoms with E-state index in [4.69, 9.17) is 9.15 Å². The van der Waals surface area contributed by atoms with Gasteiger partial charge in [0.15, 0.2) is 0 Å². The highest BCUT2D eigenvalue weighted by molar-refractivity contribution is 5.95. The van der Waals surface area contributed by atoms with E-state index in [0.29, 0.717) is 22.9 Å². The van der Waals surface area contributed by atoms with Gasteiger partial charge in [0.2, 0.25) is 17.7 Å². The number of methoxy groups -OCH3 is 1. The van der Waals surface area contributed by atoms with Gasteiger partial charge in [0.25, 0.3) is 5.91 Å². The molecule has 0 aliphatic heterocycles. The number of benzene rings is 2. The van der Waals surface area contributed by atoms with Crippen molar-refractivity contribution < 1.29 is 18.7 Å². The van der Waals surface area contributed by atoms with Crippen molar-refractivity contribution in [1.82, 2.24) is 15.5 Å². The molecule has 2 N–H and O–H groups in total. The van der Waals surface area contributed by atoms with E-state index in [0.717, 1.165) is 5.56 Å². The zero-order valence-corrected chi connectivity index (χ0v) is 14.9. The van der Waals surface area contributed by atoms with E-state index in [1.165, 1.54) is 6.92 Å². The number of carbonyl (C=O) groups excluding carboxylic acids is 2.